The Labute approximate surface area is 126 Å². The topological polar surface area (TPSA) is 62.1 Å². The summed E-state index contributed by atoms with van der Waals surface area (Å²) in [4.78, 5) is 12.2. The van der Waals surface area contributed by atoms with Crippen LogP contribution in [0.5, 0.6) is 0 Å². The highest BCUT2D eigenvalue weighted by molar-refractivity contribution is 5.85. The summed E-state index contributed by atoms with van der Waals surface area (Å²) in [5, 5.41) is 12.2. The number of nitriles is 1. The van der Waals surface area contributed by atoms with Crippen LogP contribution < -0.4 is 5.32 Å². The van der Waals surface area contributed by atoms with Crippen LogP contribution >= 0.6 is 0 Å². The molecular weight excluding hydrogens is 264 g/mol. The van der Waals surface area contributed by atoms with Crippen LogP contribution in [0.3, 0.4) is 0 Å². The van der Waals surface area contributed by atoms with Gasteiger partial charge in [0.05, 0.1) is 19.3 Å². The molecule has 1 saturated carbocycles. The average molecular weight is 286 g/mol. The van der Waals surface area contributed by atoms with Crippen LogP contribution in [0.4, 0.5) is 0 Å². The molecule has 112 valence electrons. The summed E-state index contributed by atoms with van der Waals surface area (Å²) in [5.41, 5.74) is 0.308. The second-order valence-corrected chi connectivity index (χ2v) is 5.55. The zero-order chi connectivity index (χ0) is 15.0. The molecule has 21 heavy (non-hydrogen) atoms. The van der Waals surface area contributed by atoms with Gasteiger partial charge in [0, 0.05) is 6.54 Å². The minimum Gasteiger partial charge on any atom is -0.375 e. The van der Waals surface area contributed by atoms with Gasteiger partial charge in [-0.05, 0) is 18.4 Å². The Morgan fingerprint density at radius 2 is 1.95 bits per heavy atom. The third-order valence-electron chi connectivity index (χ3n) is 4.00. The molecule has 1 fully saturated rings. The van der Waals surface area contributed by atoms with Crippen LogP contribution in [0.15, 0.2) is 30.3 Å². The molecule has 1 N–H and O–H groups in total. The Morgan fingerprint density at radius 1 is 1.24 bits per heavy atom. The highest BCUT2D eigenvalue weighted by Crippen LogP contribution is 2.35. The Balaban J connectivity index is 1.68. The number of amides is 1. The molecule has 0 aromatic heterocycles. The normalized spacial score (nSPS) is 16.9. The van der Waals surface area contributed by atoms with Gasteiger partial charge in [-0.15, -0.1) is 0 Å². The van der Waals surface area contributed by atoms with E-state index in [9.17, 15) is 10.1 Å². The summed E-state index contributed by atoms with van der Waals surface area (Å²) in [6, 6.07) is 12.2. The maximum Gasteiger partial charge on any atom is 0.240 e. The SMILES string of the molecule is N#CC1(C(=O)NCCOCc2ccccc2)CCCCC1. The van der Waals surface area contributed by atoms with Crippen molar-refractivity contribution in [2.45, 2.75) is 38.7 Å². The number of hydrogen-bond acceptors (Lipinski definition) is 3. The van der Waals surface area contributed by atoms with E-state index in [0.29, 0.717) is 32.6 Å². The average Bonchev–Trinajstić information content (AvgIpc) is 2.56. The first-order chi connectivity index (χ1) is 10.3. The summed E-state index contributed by atoms with van der Waals surface area (Å²) in [7, 11) is 0. The number of hydrogen-bond donors (Lipinski definition) is 1. The molecule has 4 heteroatoms. The zero-order valence-corrected chi connectivity index (χ0v) is 12.3. The molecule has 1 aliphatic rings. The van der Waals surface area contributed by atoms with Gasteiger partial charge in [0.25, 0.3) is 0 Å². The molecule has 0 aliphatic heterocycles. The third-order valence-corrected chi connectivity index (χ3v) is 4.00. The Kier molecular flexibility index (Phi) is 5.77. The van der Waals surface area contributed by atoms with Crippen LogP contribution in [-0.4, -0.2) is 19.1 Å². The van der Waals surface area contributed by atoms with Gasteiger partial charge in [0.2, 0.25) is 5.91 Å². The minimum absolute atomic E-state index is 0.131. The van der Waals surface area contributed by atoms with Gasteiger partial charge in [0.1, 0.15) is 5.41 Å². The molecule has 0 saturated heterocycles. The molecule has 2 rings (SSSR count). The van der Waals surface area contributed by atoms with Gasteiger partial charge in [-0.1, -0.05) is 49.6 Å². The van der Waals surface area contributed by atoms with E-state index in [2.05, 4.69) is 11.4 Å². The van der Waals surface area contributed by atoms with E-state index in [1.165, 1.54) is 0 Å². The van der Waals surface area contributed by atoms with Gasteiger partial charge < -0.3 is 10.1 Å². The zero-order valence-electron chi connectivity index (χ0n) is 12.3. The summed E-state index contributed by atoms with van der Waals surface area (Å²) >= 11 is 0. The molecule has 1 aliphatic carbocycles. The summed E-state index contributed by atoms with van der Waals surface area (Å²) in [6.45, 7) is 1.46. The van der Waals surface area contributed by atoms with E-state index in [-0.39, 0.29) is 5.91 Å². The van der Waals surface area contributed by atoms with E-state index >= 15 is 0 Å². The highest BCUT2D eigenvalue weighted by Gasteiger charge is 2.39. The molecule has 0 spiro atoms. The summed E-state index contributed by atoms with van der Waals surface area (Å²) < 4.78 is 5.53. The third kappa shape index (κ3) is 4.30. The fourth-order valence-electron chi connectivity index (χ4n) is 2.72. The summed E-state index contributed by atoms with van der Waals surface area (Å²) in [5.74, 6) is -0.131. The van der Waals surface area contributed by atoms with E-state index in [4.69, 9.17) is 4.74 Å². The number of ether oxygens (including phenoxy) is 1. The Bertz CT molecular complexity index is 487. The van der Waals surface area contributed by atoms with Crippen LogP contribution in [0.25, 0.3) is 0 Å². The van der Waals surface area contributed by atoms with Crippen molar-refractivity contribution < 1.29 is 9.53 Å². The lowest BCUT2D eigenvalue weighted by Gasteiger charge is -2.29. The number of carbonyl (C=O) groups excluding carboxylic acids is 1. The molecule has 1 aromatic carbocycles. The molecule has 1 aromatic rings. The van der Waals surface area contributed by atoms with Crippen LogP contribution in [0.2, 0.25) is 0 Å². The highest BCUT2D eigenvalue weighted by atomic mass is 16.5. The van der Waals surface area contributed by atoms with Gasteiger partial charge in [0.15, 0.2) is 0 Å². The molecular formula is C17H22N2O2. The van der Waals surface area contributed by atoms with Crippen LogP contribution in [-0.2, 0) is 16.1 Å². The first kappa shape index (κ1) is 15.5. The quantitative estimate of drug-likeness (QED) is 0.818. The van der Waals surface area contributed by atoms with Crippen molar-refractivity contribution in [1.82, 2.24) is 5.32 Å². The van der Waals surface area contributed by atoms with Gasteiger partial charge >= 0.3 is 0 Å². The Morgan fingerprint density at radius 3 is 2.62 bits per heavy atom. The van der Waals surface area contributed by atoms with Crippen molar-refractivity contribution in [2.75, 3.05) is 13.2 Å². The van der Waals surface area contributed by atoms with Crippen LogP contribution in [0, 0.1) is 16.7 Å². The number of benzene rings is 1. The largest absolute Gasteiger partial charge is 0.375 e. The molecule has 0 unspecified atom stereocenters. The lowest BCUT2D eigenvalue weighted by atomic mass is 9.74. The lowest BCUT2D eigenvalue weighted by Crippen LogP contribution is -2.42. The lowest BCUT2D eigenvalue weighted by molar-refractivity contribution is -0.129. The van der Waals surface area contributed by atoms with Gasteiger partial charge in [-0.25, -0.2) is 0 Å². The molecule has 0 bridgehead atoms. The van der Waals surface area contributed by atoms with Crippen molar-refractivity contribution in [3.05, 3.63) is 35.9 Å². The molecule has 1 amide bonds. The standard InChI is InChI=1S/C17H22N2O2/c18-14-17(9-5-2-6-10-17)16(20)19-11-12-21-13-15-7-3-1-4-8-15/h1,3-4,7-8H,2,5-6,9-13H2,(H,19,20). The molecule has 4 nitrogen and oxygen atoms in total. The second-order valence-electron chi connectivity index (χ2n) is 5.55. The smallest absolute Gasteiger partial charge is 0.240 e. The number of rotatable bonds is 6. The minimum atomic E-state index is -0.808. The second kappa shape index (κ2) is 7.80. The van der Waals surface area contributed by atoms with Crippen LogP contribution in [0.1, 0.15) is 37.7 Å². The maximum absolute atomic E-state index is 12.2. The molecule has 0 atom stereocenters. The predicted molar refractivity (Wildman–Crippen MR) is 80.2 cm³/mol. The Hall–Kier alpha value is -1.86. The monoisotopic (exact) mass is 286 g/mol. The number of carbonyl (C=O) groups is 1. The van der Waals surface area contributed by atoms with E-state index < -0.39 is 5.41 Å². The number of nitrogens with zero attached hydrogens (tertiary/aromatic N) is 1. The van der Waals surface area contributed by atoms with Crippen molar-refractivity contribution in [1.29, 1.82) is 5.26 Å². The van der Waals surface area contributed by atoms with Gasteiger partial charge in [-0.2, -0.15) is 5.26 Å². The van der Waals surface area contributed by atoms with Crippen molar-refractivity contribution >= 4 is 5.91 Å². The van der Waals surface area contributed by atoms with Gasteiger partial charge in [-0.3, -0.25) is 4.79 Å². The summed E-state index contributed by atoms with van der Waals surface area (Å²) in [6.07, 6.45) is 4.41. The molecule has 0 heterocycles. The number of nitrogens with one attached hydrogen (secondary N) is 1. The predicted octanol–water partition coefficient (Wildman–Crippen LogP) is 2.79. The molecule has 0 radical (unpaired) electrons. The first-order valence-electron chi connectivity index (χ1n) is 7.58. The van der Waals surface area contributed by atoms with E-state index in [1.807, 2.05) is 30.3 Å². The van der Waals surface area contributed by atoms with Crippen molar-refractivity contribution in [3.8, 4) is 6.07 Å². The fourth-order valence-corrected chi connectivity index (χ4v) is 2.72. The maximum atomic E-state index is 12.2. The first-order valence-corrected chi connectivity index (χ1v) is 7.58. The fraction of sp³-hybridized carbons (Fsp3) is 0.529. The van der Waals surface area contributed by atoms with Crippen molar-refractivity contribution in [2.24, 2.45) is 5.41 Å². The van der Waals surface area contributed by atoms with E-state index in [0.717, 1.165) is 24.8 Å². The van der Waals surface area contributed by atoms with E-state index in [1.54, 1.807) is 0 Å². The van der Waals surface area contributed by atoms with Crippen molar-refractivity contribution in [3.63, 3.8) is 0 Å².